The van der Waals surface area contributed by atoms with Crippen molar-refractivity contribution in [3.63, 3.8) is 0 Å². The molecule has 0 spiro atoms. The van der Waals surface area contributed by atoms with Crippen LogP contribution >= 0.6 is 11.6 Å². The van der Waals surface area contributed by atoms with Crippen LogP contribution in [-0.4, -0.2) is 15.6 Å². The third-order valence-corrected chi connectivity index (χ3v) is 4.15. The van der Waals surface area contributed by atoms with Crippen molar-refractivity contribution in [2.24, 2.45) is 0 Å². The van der Waals surface area contributed by atoms with Crippen molar-refractivity contribution >= 4 is 11.6 Å². The number of aliphatic hydroxyl groups excluding tert-OH is 1. The maximum absolute atomic E-state index is 13.7. The van der Waals surface area contributed by atoms with E-state index in [1.54, 1.807) is 0 Å². The molecule has 1 unspecified atom stereocenters. The number of aromatic nitrogens is 1. The summed E-state index contributed by atoms with van der Waals surface area (Å²) >= 11 is 5.71. The van der Waals surface area contributed by atoms with E-state index in [0.717, 1.165) is 16.7 Å². The summed E-state index contributed by atoms with van der Waals surface area (Å²) in [7, 11) is 0. The molecule has 2 nitrogen and oxygen atoms in total. The minimum Gasteiger partial charge on any atom is -0.381 e. The third kappa shape index (κ3) is 2.77. The van der Waals surface area contributed by atoms with Gasteiger partial charge in [-0.3, -0.25) is 0 Å². The first kappa shape index (κ1) is 17.2. The van der Waals surface area contributed by atoms with Crippen LogP contribution in [0.5, 0.6) is 0 Å². The van der Waals surface area contributed by atoms with E-state index in [1.807, 2.05) is 0 Å². The number of hydrogen-bond acceptors (Lipinski definition) is 1. The van der Waals surface area contributed by atoms with Gasteiger partial charge in [0.1, 0.15) is 5.82 Å². The van der Waals surface area contributed by atoms with Gasteiger partial charge in [0.15, 0.2) is 6.10 Å². The molecule has 0 saturated carbocycles. The van der Waals surface area contributed by atoms with Gasteiger partial charge in [0.05, 0.1) is 11.3 Å². The quantitative estimate of drug-likeness (QED) is 0.700. The van der Waals surface area contributed by atoms with Gasteiger partial charge in [-0.1, -0.05) is 11.6 Å². The smallest absolute Gasteiger partial charge is 0.381 e. The van der Waals surface area contributed by atoms with Crippen molar-refractivity contribution in [3.05, 3.63) is 46.4 Å². The van der Waals surface area contributed by atoms with E-state index in [9.17, 15) is 31.4 Å². The van der Waals surface area contributed by atoms with E-state index in [0.29, 0.717) is 6.07 Å². The number of hydrogen-bond donors (Lipinski definition) is 1. The molecule has 0 bridgehead atoms. The first-order valence-electron chi connectivity index (χ1n) is 6.83. The third-order valence-electron chi connectivity index (χ3n) is 3.93. The molecule has 0 aliphatic carbocycles. The van der Waals surface area contributed by atoms with Crippen LogP contribution in [-0.2, 0) is 12.7 Å². The number of fused-ring (bicyclic) bond motifs is 1. The molecule has 1 aliphatic heterocycles. The number of halogens is 7. The molecule has 0 amide bonds. The van der Waals surface area contributed by atoms with E-state index >= 15 is 0 Å². The fourth-order valence-corrected chi connectivity index (χ4v) is 3.09. The Bertz CT molecular complexity index is 778. The summed E-state index contributed by atoms with van der Waals surface area (Å²) < 4.78 is 81.4. The highest BCUT2D eigenvalue weighted by atomic mass is 35.5. The zero-order valence-corrected chi connectivity index (χ0v) is 12.6. The molecule has 3 rings (SSSR count). The van der Waals surface area contributed by atoms with Gasteiger partial charge < -0.3 is 9.67 Å². The van der Waals surface area contributed by atoms with Gasteiger partial charge in [-0.15, -0.1) is 0 Å². The van der Waals surface area contributed by atoms with E-state index in [1.165, 1.54) is 6.07 Å². The molecular formula is C15H10ClF6NO. The molecule has 1 atom stereocenters. The summed E-state index contributed by atoms with van der Waals surface area (Å²) in [6.45, 7) is -0.445. The van der Waals surface area contributed by atoms with Crippen molar-refractivity contribution in [3.8, 4) is 11.3 Å². The zero-order chi connectivity index (χ0) is 17.9. The van der Waals surface area contributed by atoms with E-state index in [4.69, 9.17) is 11.6 Å². The van der Waals surface area contributed by atoms with Gasteiger partial charge >= 0.3 is 6.18 Å². The van der Waals surface area contributed by atoms with Gasteiger partial charge in [-0.05, 0) is 24.3 Å². The Kier molecular flexibility index (Phi) is 3.88. The van der Waals surface area contributed by atoms with Gasteiger partial charge in [-0.2, -0.15) is 13.2 Å². The lowest BCUT2D eigenvalue weighted by molar-refractivity contribution is -0.152. The summed E-state index contributed by atoms with van der Waals surface area (Å²) in [6.07, 6.45) is -8.37. The van der Waals surface area contributed by atoms with Crippen LogP contribution in [0.2, 0.25) is 5.02 Å². The lowest BCUT2D eigenvalue weighted by Gasteiger charge is -2.31. The fraction of sp³-hybridized carbons (Fsp3) is 0.333. The zero-order valence-electron chi connectivity index (χ0n) is 11.8. The van der Waals surface area contributed by atoms with Crippen molar-refractivity contribution in [1.29, 1.82) is 0 Å². The Balaban J connectivity index is 2.27. The van der Waals surface area contributed by atoms with Crippen molar-refractivity contribution in [1.82, 2.24) is 4.57 Å². The Hall–Kier alpha value is -1.67. The topological polar surface area (TPSA) is 25.2 Å². The van der Waals surface area contributed by atoms with Gasteiger partial charge in [0.25, 0.3) is 5.92 Å². The Labute approximate surface area is 137 Å². The normalized spacial score (nSPS) is 20.1. The SMILES string of the molecule is OC1c2c(C(F)(F)F)cc(-c3cc(F)cc(Cl)c3)n2CCC1(F)F. The highest BCUT2D eigenvalue weighted by Crippen LogP contribution is 2.47. The minimum atomic E-state index is -4.94. The van der Waals surface area contributed by atoms with Gasteiger partial charge in [0.2, 0.25) is 0 Å². The predicted molar refractivity (Wildman–Crippen MR) is 74.4 cm³/mol. The second-order valence-corrected chi connectivity index (χ2v) is 5.99. The highest BCUT2D eigenvalue weighted by Gasteiger charge is 2.50. The lowest BCUT2D eigenvalue weighted by Crippen LogP contribution is -2.36. The largest absolute Gasteiger partial charge is 0.418 e. The summed E-state index contributed by atoms with van der Waals surface area (Å²) in [5.41, 5.74) is -2.42. The fourth-order valence-electron chi connectivity index (χ4n) is 2.87. The Morgan fingerprint density at radius 1 is 1.17 bits per heavy atom. The predicted octanol–water partition coefficient (Wildman–Crippen LogP) is 5.04. The van der Waals surface area contributed by atoms with Crippen LogP contribution < -0.4 is 0 Å². The highest BCUT2D eigenvalue weighted by molar-refractivity contribution is 6.30. The molecule has 2 heterocycles. The summed E-state index contributed by atoms with van der Waals surface area (Å²) in [4.78, 5) is 0. The first-order valence-corrected chi connectivity index (χ1v) is 7.21. The van der Waals surface area contributed by atoms with Crippen molar-refractivity contribution in [2.45, 2.75) is 31.2 Å². The van der Waals surface area contributed by atoms with Crippen molar-refractivity contribution < 1.29 is 31.4 Å². The van der Waals surface area contributed by atoms with Gasteiger partial charge in [-0.25, -0.2) is 13.2 Å². The second-order valence-electron chi connectivity index (χ2n) is 5.55. The Morgan fingerprint density at radius 2 is 1.83 bits per heavy atom. The monoisotopic (exact) mass is 369 g/mol. The number of nitrogens with zero attached hydrogens (tertiary/aromatic N) is 1. The molecule has 0 saturated heterocycles. The molecular weight excluding hydrogens is 360 g/mol. The number of benzene rings is 1. The summed E-state index contributed by atoms with van der Waals surface area (Å²) in [6, 6.07) is 3.78. The molecule has 24 heavy (non-hydrogen) atoms. The van der Waals surface area contributed by atoms with Crippen LogP contribution in [0, 0.1) is 5.82 Å². The van der Waals surface area contributed by atoms with Crippen LogP contribution in [0.3, 0.4) is 0 Å². The van der Waals surface area contributed by atoms with E-state index in [2.05, 4.69) is 0 Å². The van der Waals surface area contributed by atoms with Crippen LogP contribution in [0.25, 0.3) is 11.3 Å². The number of rotatable bonds is 1. The molecule has 1 aromatic heterocycles. The molecule has 9 heteroatoms. The van der Waals surface area contributed by atoms with Crippen LogP contribution in [0.15, 0.2) is 24.3 Å². The number of alkyl halides is 5. The molecule has 1 aliphatic rings. The summed E-state index contributed by atoms with van der Waals surface area (Å²) in [5, 5.41) is 9.69. The first-order chi connectivity index (χ1) is 11.0. The Morgan fingerprint density at radius 3 is 2.42 bits per heavy atom. The molecule has 0 fully saturated rings. The van der Waals surface area contributed by atoms with E-state index < -0.39 is 48.2 Å². The van der Waals surface area contributed by atoms with Crippen LogP contribution in [0.1, 0.15) is 23.8 Å². The number of aliphatic hydroxyl groups is 1. The van der Waals surface area contributed by atoms with Gasteiger partial charge in [0, 0.05) is 29.2 Å². The van der Waals surface area contributed by atoms with Crippen LogP contribution in [0.4, 0.5) is 26.3 Å². The molecule has 0 radical (unpaired) electrons. The standard InChI is InChI=1S/C15H10ClF6NO/c16-8-3-7(4-9(17)5-8)11-6-10(15(20,21)22)12-13(24)14(18,19)1-2-23(11)12/h3-6,13,24H,1-2H2. The maximum atomic E-state index is 13.7. The molecule has 2 aromatic rings. The lowest BCUT2D eigenvalue weighted by atomic mass is 9.99. The summed E-state index contributed by atoms with van der Waals surface area (Å²) in [5.74, 6) is -4.45. The minimum absolute atomic E-state index is 0.00849. The molecule has 1 aromatic carbocycles. The average Bonchev–Trinajstić information content (AvgIpc) is 2.82. The van der Waals surface area contributed by atoms with E-state index in [-0.39, 0.29) is 16.3 Å². The maximum Gasteiger partial charge on any atom is 0.418 e. The van der Waals surface area contributed by atoms with Crippen molar-refractivity contribution in [2.75, 3.05) is 0 Å². The second kappa shape index (κ2) is 5.42. The molecule has 1 N–H and O–H groups in total. The molecule has 130 valence electrons. The average molecular weight is 370 g/mol.